The van der Waals surface area contributed by atoms with E-state index in [0.717, 1.165) is 24.4 Å². The van der Waals surface area contributed by atoms with Crippen molar-refractivity contribution in [2.75, 3.05) is 25.4 Å². The van der Waals surface area contributed by atoms with Crippen molar-refractivity contribution in [3.8, 4) is 0 Å². The summed E-state index contributed by atoms with van der Waals surface area (Å²) in [4.78, 5) is 15.5. The third-order valence-corrected chi connectivity index (χ3v) is 5.47. The lowest BCUT2D eigenvalue weighted by Gasteiger charge is -2.22. The van der Waals surface area contributed by atoms with Gasteiger partial charge in [0.05, 0.1) is 5.75 Å². The van der Waals surface area contributed by atoms with Crippen LogP contribution in [0.25, 0.3) is 10.8 Å². The number of likely N-dealkylation sites (tertiary alicyclic amines) is 1. The molecule has 0 aromatic heterocycles. The summed E-state index contributed by atoms with van der Waals surface area (Å²) < 4.78 is 0. The van der Waals surface area contributed by atoms with Crippen LogP contribution in [0.2, 0.25) is 0 Å². The highest BCUT2D eigenvalue weighted by Gasteiger charge is 2.34. The quantitative estimate of drug-likeness (QED) is 0.882. The van der Waals surface area contributed by atoms with E-state index in [0.29, 0.717) is 12.3 Å². The molecule has 116 valence electrons. The average Bonchev–Trinajstić information content (AvgIpc) is 2.95. The van der Waals surface area contributed by atoms with Crippen LogP contribution < -0.4 is 5.73 Å². The molecule has 2 N–H and O–H groups in total. The molecule has 3 nitrogen and oxygen atoms in total. The lowest BCUT2D eigenvalue weighted by atomic mass is 9.90. The Kier molecular flexibility index (Phi) is 4.41. The zero-order chi connectivity index (χ0) is 15.6. The number of benzene rings is 2. The van der Waals surface area contributed by atoms with Crippen molar-refractivity contribution >= 4 is 28.4 Å². The molecule has 0 radical (unpaired) electrons. The normalized spacial score (nSPS) is 21.5. The van der Waals surface area contributed by atoms with E-state index in [4.69, 9.17) is 5.73 Å². The van der Waals surface area contributed by atoms with Gasteiger partial charge in [-0.05, 0) is 41.3 Å². The van der Waals surface area contributed by atoms with E-state index >= 15 is 0 Å². The predicted octanol–water partition coefficient (Wildman–Crippen LogP) is 3.13. The molecule has 3 rings (SSSR count). The summed E-state index contributed by atoms with van der Waals surface area (Å²) in [5, 5.41) is 2.45. The molecule has 1 aliphatic heterocycles. The Bertz CT molecular complexity index is 688. The minimum Gasteiger partial charge on any atom is -0.341 e. The van der Waals surface area contributed by atoms with Crippen LogP contribution in [0.3, 0.4) is 0 Å². The van der Waals surface area contributed by atoms with Gasteiger partial charge in [0.15, 0.2) is 0 Å². The highest BCUT2D eigenvalue weighted by atomic mass is 32.2. The van der Waals surface area contributed by atoms with Gasteiger partial charge in [0.1, 0.15) is 0 Å². The molecule has 0 bridgehead atoms. The van der Waals surface area contributed by atoms with Crippen LogP contribution in [0.1, 0.15) is 13.3 Å². The van der Waals surface area contributed by atoms with Gasteiger partial charge >= 0.3 is 0 Å². The van der Waals surface area contributed by atoms with Crippen molar-refractivity contribution in [2.45, 2.75) is 18.2 Å². The molecule has 2 aromatic rings. The number of carbonyl (C=O) groups excluding carboxylic acids is 1. The first kappa shape index (κ1) is 15.4. The number of thioether (sulfide) groups is 1. The van der Waals surface area contributed by atoms with Gasteiger partial charge in [0.2, 0.25) is 5.91 Å². The van der Waals surface area contributed by atoms with Crippen LogP contribution in [-0.4, -0.2) is 36.2 Å². The minimum atomic E-state index is 0.100. The van der Waals surface area contributed by atoms with Crippen LogP contribution in [0.5, 0.6) is 0 Å². The molecular weight excluding hydrogens is 292 g/mol. The van der Waals surface area contributed by atoms with E-state index in [1.54, 1.807) is 11.8 Å². The number of carbonyl (C=O) groups is 1. The molecule has 1 atom stereocenters. The first-order chi connectivity index (χ1) is 10.6. The minimum absolute atomic E-state index is 0.100. The SMILES string of the molecule is CC1(CN)CCN(C(=O)CSc2ccc3ccccc3c2)C1. The van der Waals surface area contributed by atoms with Gasteiger partial charge in [0, 0.05) is 18.0 Å². The average molecular weight is 314 g/mol. The highest BCUT2D eigenvalue weighted by molar-refractivity contribution is 8.00. The van der Waals surface area contributed by atoms with Crippen molar-refractivity contribution in [2.24, 2.45) is 11.1 Å². The molecule has 1 saturated heterocycles. The summed E-state index contributed by atoms with van der Waals surface area (Å²) >= 11 is 1.62. The Hall–Kier alpha value is -1.52. The Morgan fingerprint density at radius 3 is 2.77 bits per heavy atom. The van der Waals surface area contributed by atoms with E-state index < -0.39 is 0 Å². The maximum Gasteiger partial charge on any atom is 0.232 e. The molecule has 1 aliphatic rings. The number of fused-ring (bicyclic) bond motifs is 1. The van der Waals surface area contributed by atoms with Gasteiger partial charge in [-0.1, -0.05) is 37.3 Å². The van der Waals surface area contributed by atoms with E-state index in [2.05, 4.69) is 37.3 Å². The number of nitrogens with zero attached hydrogens (tertiary/aromatic N) is 1. The van der Waals surface area contributed by atoms with Crippen molar-refractivity contribution in [1.82, 2.24) is 4.90 Å². The van der Waals surface area contributed by atoms with E-state index in [1.807, 2.05) is 17.0 Å². The number of hydrogen-bond donors (Lipinski definition) is 1. The summed E-state index contributed by atoms with van der Waals surface area (Å²) in [6.07, 6.45) is 1.01. The second kappa shape index (κ2) is 6.31. The molecule has 0 aliphatic carbocycles. The maximum atomic E-state index is 12.4. The molecule has 0 spiro atoms. The van der Waals surface area contributed by atoms with E-state index in [1.165, 1.54) is 10.8 Å². The Labute approximate surface area is 135 Å². The van der Waals surface area contributed by atoms with Crippen molar-refractivity contribution in [3.63, 3.8) is 0 Å². The Morgan fingerprint density at radius 2 is 2.05 bits per heavy atom. The van der Waals surface area contributed by atoms with Crippen LogP contribution in [-0.2, 0) is 4.79 Å². The topological polar surface area (TPSA) is 46.3 Å². The molecule has 1 fully saturated rings. The highest BCUT2D eigenvalue weighted by Crippen LogP contribution is 2.30. The van der Waals surface area contributed by atoms with Crippen LogP contribution in [0.4, 0.5) is 0 Å². The Balaban J connectivity index is 1.60. The van der Waals surface area contributed by atoms with Gasteiger partial charge in [-0.15, -0.1) is 11.8 Å². The molecule has 22 heavy (non-hydrogen) atoms. The standard InChI is InChI=1S/C18H22N2OS/c1-18(12-19)8-9-20(13-18)17(21)11-22-16-7-6-14-4-2-3-5-15(14)10-16/h2-7,10H,8-9,11-13,19H2,1H3. The summed E-state index contributed by atoms with van der Waals surface area (Å²) in [7, 11) is 0. The molecule has 1 heterocycles. The molecular formula is C18H22N2OS. The van der Waals surface area contributed by atoms with Crippen LogP contribution >= 0.6 is 11.8 Å². The smallest absolute Gasteiger partial charge is 0.232 e. The summed E-state index contributed by atoms with van der Waals surface area (Å²) in [5.41, 5.74) is 5.91. The zero-order valence-corrected chi connectivity index (χ0v) is 13.7. The lowest BCUT2D eigenvalue weighted by Crippen LogP contribution is -2.35. The molecule has 4 heteroatoms. The maximum absolute atomic E-state index is 12.4. The number of amides is 1. The Morgan fingerprint density at radius 1 is 1.27 bits per heavy atom. The van der Waals surface area contributed by atoms with Crippen molar-refractivity contribution in [3.05, 3.63) is 42.5 Å². The fourth-order valence-corrected chi connectivity index (χ4v) is 3.74. The molecule has 1 amide bonds. The second-order valence-electron chi connectivity index (χ2n) is 6.38. The van der Waals surface area contributed by atoms with E-state index in [9.17, 15) is 4.79 Å². The van der Waals surface area contributed by atoms with Gasteiger partial charge in [-0.3, -0.25) is 4.79 Å². The fraction of sp³-hybridized carbons (Fsp3) is 0.389. The number of nitrogens with two attached hydrogens (primary N) is 1. The molecule has 2 aromatic carbocycles. The third kappa shape index (κ3) is 3.28. The monoisotopic (exact) mass is 314 g/mol. The van der Waals surface area contributed by atoms with E-state index in [-0.39, 0.29) is 11.3 Å². The molecule has 1 unspecified atom stereocenters. The van der Waals surface area contributed by atoms with Gasteiger partial charge in [0.25, 0.3) is 0 Å². The fourth-order valence-electron chi connectivity index (χ4n) is 2.90. The third-order valence-electron chi connectivity index (χ3n) is 4.49. The molecule has 0 saturated carbocycles. The van der Waals surface area contributed by atoms with Crippen molar-refractivity contribution in [1.29, 1.82) is 0 Å². The lowest BCUT2D eigenvalue weighted by molar-refractivity contribution is -0.127. The summed E-state index contributed by atoms with van der Waals surface area (Å²) in [6.45, 7) is 4.44. The van der Waals surface area contributed by atoms with Crippen LogP contribution in [0, 0.1) is 5.41 Å². The summed E-state index contributed by atoms with van der Waals surface area (Å²) in [6, 6.07) is 14.7. The largest absolute Gasteiger partial charge is 0.341 e. The van der Waals surface area contributed by atoms with Crippen molar-refractivity contribution < 1.29 is 4.79 Å². The van der Waals surface area contributed by atoms with Gasteiger partial charge in [-0.2, -0.15) is 0 Å². The van der Waals surface area contributed by atoms with Gasteiger partial charge in [-0.25, -0.2) is 0 Å². The predicted molar refractivity (Wildman–Crippen MR) is 93.0 cm³/mol. The number of rotatable bonds is 4. The first-order valence-electron chi connectivity index (χ1n) is 7.69. The zero-order valence-electron chi connectivity index (χ0n) is 12.9. The first-order valence-corrected chi connectivity index (χ1v) is 8.68. The van der Waals surface area contributed by atoms with Gasteiger partial charge < -0.3 is 10.6 Å². The summed E-state index contributed by atoms with van der Waals surface area (Å²) in [5.74, 6) is 0.717. The van der Waals surface area contributed by atoms with Crippen LogP contribution in [0.15, 0.2) is 47.4 Å². The number of hydrogen-bond acceptors (Lipinski definition) is 3. The second-order valence-corrected chi connectivity index (χ2v) is 7.43.